The smallest absolute Gasteiger partial charge is 0.272 e. The van der Waals surface area contributed by atoms with Crippen LogP contribution < -0.4 is 5.32 Å². The van der Waals surface area contributed by atoms with Crippen LogP contribution in [-0.2, 0) is 4.79 Å². The first-order valence-electron chi connectivity index (χ1n) is 9.25. The largest absolute Gasteiger partial charge is 0.355 e. The highest BCUT2D eigenvalue weighted by atomic mass is 16.2. The molecule has 6 heteroatoms. The van der Waals surface area contributed by atoms with E-state index >= 15 is 0 Å². The van der Waals surface area contributed by atoms with Gasteiger partial charge in [0.2, 0.25) is 5.91 Å². The van der Waals surface area contributed by atoms with Gasteiger partial charge >= 0.3 is 0 Å². The van der Waals surface area contributed by atoms with Crippen LogP contribution in [0, 0.1) is 11.3 Å². The van der Waals surface area contributed by atoms with Gasteiger partial charge in [-0.3, -0.25) is 9.59 Å². The Labute approximate surface area is 149 Å². The number of likely N-dealkylation sites (tertiary alicyclic amines) is 1. The first-order valence-corrected chi connectivity index (χ1v) is 9.25. The number of rotatable bonds is 4. The van der Waals surface area contributed by atoms with E-state index in [0.717, 1.165) is 38.1 Å². The van der Waals surface area contributed by atoms with E-state index in [1.807, 2.05) is 25.7 Å². The quantitative estimate of drug-likeness (QED) is 0.910. The number of carbonyl (C=O) groups is 2. The topological polar surface area (TPSA) is 75.2 Å². The molecule has 2 amide bonds. The van der Waals surface area contributed by atoms with Crippen LogP contribution in [0.25, 0.3) is 0 Å². The zero-order valence-electron chi connectivity index (χ0n) is 15.4. The zero-order chi connectivity index (χ0) is 18.0. The fourth-order valence-corrected chi connectivity index (χ4v) is 3.11. The van der Waals surface area contributed by atoms with E-state index in [9.17, 15) is 9.59 Å². The molecule has 3 rings (SSSR count). The number of amides is 2. The first kappa shape index (κ1) is 17.8. The van der Waals surface area contributed by atoms with Gasteiger partial charge in [0.05, 0.1) is 0 Å². The fourth-order valence-electron chi connectivity index (χ4n) is 3.11. The van der Waals surface area contributed by atoms with Gasteiger partial charge in [-0.15, -0.1) is 0 Å². The van der Waals surface area contributed by atoms with E-state index in [0.29, 0.717) is 30.6 Å². The molecule has 2 fully saturated rings. The molecule has 1 aromatic rings. The lowest BCUT2D eigenvalue weighted by Crippen LogP contribution is -2.45. The first-order chi connectivity index (χ1) is 11.8. The van der Waals surface area contributed by atoms with Gasteiger partial charge in [-0.05, 0) is 37.7 Å². The third-order valence-electron chi connectivity index (χ3n) is 4.87. The lowest BCUT2D eigenvalue weighted by molar-refractivity contribution is -0.128. The van der Waals surface area contributed by atoms with E-state index in [4.69, 9.17) is 0 Å². The molecule has 0 aromatic carbocycles. The monoisotopic (exact) mass is 344 g/mol. The Hall–Kier alpha value is -1.98. The number of carbonyl (C=O) groups excluding carboxylic acids is 2. The van der Waals surface area contributed by atoms with E-state index in [1.165, 1.54) is 0 Å². The van der Waals surface area contributed by atoms with Crippen LogP contribution in [0.2, 0.25) is 0 Å². The minimum Gasteiger partial charge on any atom is -0.355 e. The number of aromatic nitrogens is 2. The van der Waals surface area contributed by atoms with Crippen molar-refractivity contribution in [3.63, 3.8) is 0 Å². The van der Waals surface area contributed by atoms with Crippen LogP contribution in [0.15, 0.2) is 12.3 Å². The predicted octanol–water partition coefficient (Wildman–Crippen LogP) is 2.37. The summed E-state index contributed by atoms with van der Waals surface area (Å²) in [5, 5.41) is 3.02. The van der Waals surface area contributed by atoms with Gasteiger partial charge in [-0.2, -0.15) is 0 Å². The normalized spacial score (nSPS) is 21.1. The lowest BCUT2D eigenvalue weighted by atomic mass is 9.94. The SMILES string of the molecule is CC(C)(C)C(=O)NCC1CCCN(C(=O)c2ccnc(C3CC3)n2)C1. The van der Waals surface area contributed by atoms with Crippen molar-refractivity contribution in [1.82, 2.24) is 20.2 Å². The van der Waals surface area contributed by atoms with Gasteiger partial charge in [0.15, 0.2) is 0 Å². The molecular formula is C19H28N4O2. The summed E-state index contributed by atoms with van der Waals surface area (Å²) >= 11 is 0. The molecule has 1 atom stereocenters. The summed E-state index contributed by atoms with van der Waals surface area (Å²) in [6.45, 7) is 7.77. The highest BCUT2D eigenvalue weighted by Crippen LogP contribution is 2.37. The van der Waals surface area contributed by atoms with E-state index in [-0.39, 0.29) is 17.2 Å². The molecule has 1 aliphatic carbocycles. The minimum absolute atomic E-state index is 0.0175. The summed E-state index contributed by atoms with van der Waals surface area (Å²) in [5.74, 6) is 1.58. The Kier molecular flexibility index (Phi) is 5.06. The summed E-state index contributed by atoms with van der Waals surface area (Å²) in [4.78, 5) is 35.5. The maximum absolute atomic E-state index is 12.8. The third-order valence-corrected chi connectivity index (χ3v) is 4.87. The number of nitrogens with zero attached hydrogens (tertiary/aromatic N) is 3. The predicted molar refractivity (Wildman–Crippen MR) is 95.1 cm³/mol. The van der Waals surface area contributed by atoms with E-state index < -0.39 is 0 Å². The fraction of sp³-hybridized carbons (Fsp3) is 0.684. The summed E-state index contributed by atoms with van der Waals surface area (Å²) < 4.78 is 0. The molecule has 1 N–H and O–H groups in total. The molecule has 1 saturated carbocycles. The van der Waals surface area contributed by atoms with Gasteiger partial charge in [0.25, 0.3) is 5.91 Å². The number of piperidine rings is 1. The number of nitrogens with one attached hydrogen (secondary N) is 1. The van der Waals surface area contributed by atoms with Crippen LogP contribution in [0.4, 0.5) is 0 Å². The second kappa shape index (κ2) is 7.10. The van der Waals surface area contributed by atoms with Crippen molar-refractivity contribution in [3.05, 3.63) is 23.8 Å². The Morgan fingerprint density at radius 2 is 2.04 bits per heavy atom. The van der Waals surface area contributed by atoms with Crippen LogP contribution in [0.5, 0.6) is 0 Å². The molecule has 1 unspecified atom stereocenters. The lowest BCUT2D eigenvalue weighted by Gasteiger charge is -2.33. The summed E-state index contributed by atoms with van der Waals surface area (Å²) in [6, 6.07) is 1.71. The Balaban J connectivity index is 1.58. The minimum atomic E-state index is -0.385. The zero-order valence-corrected chi connectivity index (χ0v) is 15.4. The van der Waals surface area contributed by atoms with E-state index in [2.05, 4.69) is 15.3 Å². The Morgan fingerprint density at radius 3 is 2.72 bits per heavy atom. The molecule has 0 bridgehead atoms. The molecule has 136 valence electrons. The summed E-state index contributed by atoms with van der Waals surface area (Å²) in [6.07, 6.45) is 5.93. The molecule has 6 nitrogen and oxygen atoms in total. The standard InChI is InChI=1S/C19H28N4O2/c1-19(2,3)18(25)21-11-13-5-4-10-23(12-13)17(24)15-8-9-20-16(22-15)14-6-7-14/h8-9,13-14H,4-7,10-12H2,1-3H3,(H,21,25). The van der Waals surface area contributed by atoms with Crippen LogP contribution in [-0.4, -0.2) is 46.3 Å². The summed E-state index contributed by atoms with van der Waals surface area (Å²) in [7, 11) is 0. The van der Waals surface area contributed by atoms with Crippen molar-refractivity contribution in [3.8, 4) is 0 Å². The van der Waals surface area contributed by atoms with Crippen molar-refractivity contribution in [2.45, 2.75) is 52.4 Å². The average molecular weight is 344 g/mol. The third kappa shape index (κ3) is 4.55. The molecule has 0 radical (unpaired) electrons. The molecule has 1 aliphatic heterocycles. The van der Waals surface area contributed by atoms with Crippen LogP contribution >= 0.6 is 0 Å². The van der Waals surface area contributed by atoms with Crippen molar-refractivity contribution < 1.29 is 9.59 Å². The second-order valence-corrected chi connectivity index (χ2v) is 8.29. The maximum Gasteiger partial charge on any atom is 0.272 e. The second-order valence-electron chi connectivity index (χ2n) is 8.29. The van der Waals surface area contributed by atoms with E-state index in [1.54, 1.807) is 12.3 Å². The molecule has 1 saturated heterocycles. The van der Waals surface area contributed by atoms with Crippen molar-refractivity contribution in [1.29, 1.82) is 0 Å². The van der Waals surface area contributed by atoms with Gasteiger partial charge in [0.1, 0.15) is 11.5 Å². The van der Waals surface area contributed by atoms with Crippen LogP contribution in [0.3, 0.4) is 0 Å². The molecule has 2 aliphatic rings. The Morgan fingerprint density at radius 1 is 1.28 bits per heavy atom. The van der Waals surface area contributed by atoms with Gasteiger partial charge < -0.3 is 10.2 Å². The van der Waals surface area contributed by atoms with Gasteiger partial charge in [-0.25, -0.2) is 9.97 Å². The van der Waals surface area contributed by atoms with Crippen molar-refractivity contribution in [2.24, 2.45) is 11.3 Å². The average Bonchev–Trinajstić information content (AvgIpc) is 3.43. The highest BCUT2D eigenvalue weighted by Gasteiger charge is 2.30. The number of hydrogen-bond donors (Lipinski definition) is 1. The Bertz CT molecular complexity index is 649. The molecule has 0 spiro atoms. The maximum atomic E-state index is 12.8. The number of hydrogen-bond acceptors (Lipinski definition) is 4. The molecular weight excluding hydrogens is 316 g/mol. The van der Waals surface area contributed by atoms with Crippen molar-refractivity contribution in [2.75, 3.05) is 19.6 Å². The van der Waals surface area contributed by atoms with Crippen LogP contribution in [0.1, 0.15) is 68.7 Å². The molecule has 2 heterocycles. The highest BCUT2D eigenvalue weighted by molar-refractivity contribution is 5.92. The molecule has 25 heavy (non-hydrogen) atoms. The van der Waals surface area contributed by atoms with Gasteiger partial charge in [0, 0.05) is 37.2 Å². The van der Waals surface area contributed by atoms with Gasteiger partial charge in [-0.1, -0.05) is 20.8 Å². The molecule has 1 aromatic heterocycles. The van der Waals surface area contributed by atoms with Crippen molar-refractivity contribution >= 4 is 11.8 Å². The summed E-state index contributed by atoms with van der Waals surface area (Å²) in [5.41, 5.74) is 0.112.